The number of aliphatic hydroxyl groups is 1. The fourth-order valence-corrected chi connectivity index (χ4v) is 2.58. The molecule has 1 aliphatic rings. The zero-order valence-electron chi connectivity index (χ0n) is 11.2. The first-order valence-electron chi connectivity index (χ1n) is 6.52. The molecule has 1 unspecified atom stereocenters. The summed E-state index contributed by atoms with van der Waals surface area (Å²) < 4.78 is 39.9. The van der Waals surface area contributed by atoms with E-state index in [2.05, 4.69) is 15.5 Å². The molecule has 1 atom stereocenters. The standard InChI is InChI=1S/C14H12F3N3O2/c15-14(16,17)13(22)7-10(21)18-12-11(13)9(19-20-12)6-8-4-2-1-3-5-8/h1-5,22H,6-7H2,(H2,18,19,20,21). The summed E-state index contributed by atoms with van der Waals surface area (Å²) >= 11 is 0. The maximum absolute atomic E-state index is 13.3. The minimum absolute atomic E-state index is 0.126. The molecule has 2 aromatic rings. The molecule has 1 aliphatic heterocycles. The summed E-state index contributed by atoms with van der Waals surface area (Å²) in [6.45, 7) is 0. The van der Waals surface area contributed by atoms with Crippen LogP contribution in [0.3, 0.4) is 0 Å². The van der Waals surface area contributed by atoms with Gasteiger partial charge in [0.1, 0.15) is 0 Å². The molecular formula is C14H12F3N3O2. The highest BCUT2D eigenvalue weighted by atomic mass is 19.4. The Morgan fingerprint density at radius 1 is 1.27 bits per heavy atom. The molecular weight excluding hydrogens is 299 g/mol. The number of aromatic amines is 1. The molecule has 22 heavy (non-hydrogen) atoms. The molecule has 3 N–H and O–H groups in total. The topological polar surface area (TPSA) is 78.0 Å². The van der Waals surface area contributed by atoms with E-state index in [0.29, 0.717) is 0 Å². The van der Waals surface area contributed by atoms with Gasteiger partial charge < -0.3 is 10.4 Å². The Kier molecular flexibility index (Phi) is 3.21. The molecule has 1 aromatic carbocycles. The van der Waals surface area contributed by atoms with Crippen molar-refractivity contribution < 1.29 is 23.1 Å². The van der Waals surface area contributed by atoms with Crippen LogP contribution in [0.1, 0.15) is 23.2 Å². The first kappa shape index (κ1) is 14.6. The van der Waals surface area contributed by atoms with Gasteiger partial charge in [0.15, 0.2) is 11.4 Å². The molecule has 5 nitrogen and oxygen atoms in total. The number of hydrogen-bond donors (Lipinski definition) is 3. The van der Waals surface area contributed by atoms with Gasteiger partial charge in [-0.15, -0.1) is 0 Å². The summed E-state index contributed by atoms with van der Waals surface area (Å²) in [5, 5.41) is 18.6. The minimum atomic E-state index is -4.98. The summed E-state index contributed by atoms with van der Waals surface area (Å²) in [6.07, 6.45) is -5.92. The van der Waals surface area contributed by atoms with Gasteiger partial charge in [0, 0.05) is 12.1 Å². The van der Waals surface area contributed by atoms with Crippen molar-refractivity contribution in [1.82, 2.24) is 10.2 Å². The Hall–Kier alpha value is -2.35. The molecule has 0 radical (unpaired) electrons. The lowest BCUT2D eigenvalue weighted by atomic mass is 9.85. The van der Waals surface area contributed by atoms with Crippen molar-refractivity contribution in [1.29, 1.82) is 0 Å². The van der Waals surface area contributed by atoms with Crippen LogP contribution >= 0.6 is 0 Å². The highest BCUT2D eigenvalue weighted by molar-refractivity contribution is 5.94. The highest BCUT2D eigenvalue weighted by Crippen LogP contribution is 2.47. The van der Waals surface area contributed by atoms with Gasteiger partial charge in [-0.3, -0.25) is 9.89 Å². The van der Waals surface area contributed by atoms with Gasteiger partial charge in [0.25, 0.3) is 0 Å². The third-order valence-electron chi connectivity index (χ3n) is 3.62. The van der Waals surface area contributed by atoms with Crippen LogP contribution in [0.2, 0.25) is 0 Å². The molecule has 0 fully saturated rings. The molecule has 3 rings (SSSR count). The predicted octanol–water partition coefficient (Wildman–Crippen LogP) is 2.09. The van der Waals surface area contributed by atoms with E-state index >= 15 is 0 Å². The first-order valence-corrected chi connectivity index (χ1v) is 6.52. The molecule has 0 saturated heterocycles. The number of alkyl halides is 3. The summed E-state index contributed by atoms with van der Waals surface area (Å²) in [6, 6.07) is 8.81. The van der Waals surface area contributed by atoms with Crippen LogP contribution in [-0.4, -0.2) is 27.4 Å². The third-order valence-corrected chi connectivity index (χ3v) is 3.62. The Bertz CT molecular complexity index is 712. The Balaban J connectivity index is 2.08. The fourth-order valence-electron chi connectivity index (χ4n) is 2.58. The van der Waals surface area contributed by atoms with E-state index in [9.17, 15) is 23.1 Å². The zero-order chi connectivity index (χ0) is 16.0. The molecule has 0 aliphatic carbocycles. The first-order chi connectivity index (χ1) is 10.3. The van der Waals surface area contributed by atoms with Crippen LogP contribution in [0.15, 0.2) is 30.3 Å². The largest absolute Gasteiger partial charge is 0.422 e. The van der Waals surface area contributed by atoms with E-state index in [-0.39, 0.29) is 17.9 Å². The highest BCUT2D eigenvalue weighted by Gasteiger charge is 2.60. The molecule has 0 bridgehead atoms. The number of fused-ring (bicyclic) bond motifs is 1. The van der Waals surface area contributed by atoms with Crippen LogP contribution in [-0.2, 0) is 16.8 Å². The number of nitrogens with zero attached hydrogens (tertiary/aromatic N) is 1. The maximum Gasteiger partial charge on any atom is 0.422 e. The van der Waals surface area contributed by atoms with Crippen LogP contribution in [0, 0.1) is 0 Å². The fraction of sp³-hybridized carbons (Fsp3) is 0.286. The lowest BCUT2D eigenvalue weighted by Crippen LogP contribution is -2.48. The van der Waals surface area contributed by atoms with Crippen LogP contribution < -0.4 is 5.32 Å². The van der Waals surface area contributed by atoms with Crippen molar-refractivity contribution in [2.24, 2.45) is 0 Å². The summed E-state index contributed by atoms with van der Waals surface area (Å²) in [4.78, 5) is 11.4. The molecule has 2 heterocycles. The van der Waals surface area contributed by atoms with Crippen LogP contribution in [0.4, 0.5) is 19.0 Å². The smallest absolute Gasteiger partial charge is 0.376 e. The molecule has 0 spiro atoms. The van der Waals surface area contributed by atoms with E-state index in [1.54, 1.807) is 30.3 Å². The van der Waals surface area contributed by atoms with Crippen molar-refractivity contribution in [2.75, 3.05) is 5.32 Å². The molecule has 1 amide bonds. The number of carbonyl (C=O) groups is 1. The second kappa shape index (κ2) is 4.84. The second-order valence-electron chi connectivity index (χ2n) is 5.17. The summed E-state index contributed by atoms with van der Waals surface area (Å²) in [5.41, 5.74) is -2.76. The number of benzene rings is 1. The Morgan fingerprint density at radius 3 is 2.59 bits per heavy atom. The number of nitrogens with one attached hydrogen (secondary N) is 2. The van der Waals surface area contributed by atoms with Crippen molar-refractivity contribution in [2.45, 2.75) is 24.6 Å². The summed E-state index contributed by atoms with van der Waals surface area (Å²) in [5.74, 6) is -1.20. The Morgan fingerprint density at radius 2 is 1.95 bits per heavy atom. The average molecular weight is 311 g/mol. The van der Waals surface area contributed by atoms with E-state index in [1.807, 2.05) is 0 Å². The monoisotopic (exact) mass is 311 g/mol. The maximum atomic E-state index is 13.3. The normalized spacial score (nSPS) is 21.4. The predicted molar refractivity (Wildman–Crippen MR) is 71.0 cm³/mol. The Labute approximate surface area is 123 Å². The number of H-pyrrole nitrogens is 1. The van der Waals surface area contributed by atoms with E-state index in [1.165, 1.54) is 0 Å². The molecule has 116 valence electrons. The van der Waals surface area contributed by atoms with Crippen LogP contribution in [0.25, 0.3) is 0 Å². The van der Waals surface area contributed by atoms with Gasteiger partial charge in [-0.05, 0) is 5.56 Å². The van der Waals surface area contributed by atoms with Gasteiger partial charge >= 0.3 is 6.18 Å². The number of hydrogen-bond acceptors (Lipinski definition) is 3. The average Bonchev–Trinajstić information content (AvgIpc) is 2.82. The molecule has 0 saturated carbocycles. The second-order valence-corrected chi connectivity index (χ2v) is 5.17. The van der Waals surface area contributed by atoms with Crippen LogP contribution in [0.5, 0.6) is 0 Å². The number of anilines is 1. The van der Waals surface area contributed by atoms with Crippen molar-refractivity contribution in [3.63, 3.8) is 0 Å². The van der Waals surface area contributed by atoms with Gasteiger partial charge in [-0.1, -0.05) is 30.3 Å². The zero-order valence-corrected chi connectivity index (χ0v) is 11.2. The number of aromatic nitrogens is 2. The number of carbonyl (C=O) groups excluding carboxylic acids is 1. The van der Waals surface area contributed by atoms with Crippen molar-refractivity contribution in [3.8, 4) is 0 Å². The number of amides is 1. The molecule has 8 heteroatoms. The third kappa shape index (κ3) is 2.25. The summed E-state index contributed by atoms with van der Waals surface area (Å²) in [7, 11) is 0. The van der Waals surface area contributed by atoms with E-state index < -0.39 is 29.7 Å². The van der Waals surface area contributed by atoms with Crippen molar-refractivity contribution in [3.05, 3.63) is 47.2 Å². The minimum Gasteiger partial charge on any atom is -0.376 e. The number of rotatable bonds is 2. The van der Waals surface area contributed by atoms with Crippen molar-refractivity contribution >= 4 is 11.7 Å². The van der Waals surface area contributed by atoms with Gasteiger partial charge in [0.05, 0.1) is 12.0 Å². The van der Waals surface area contributed by atoms with Gasteiger partial charge in [-0.25, -0.2) is 0 Å². The van der Waals surface area contributed by atoms with E-state index in [0.717, 1.165) is 5.56 Å². The quantitative estimate of drug-likeness (QED) is 0.795. The lowest BCUT2D eigenvalue weighted by Gasteiger charge is -2.33. The lowest BCUT2D eigenvalue weighted by molar-refractivity contribution is -0.267. The van der Waals surface area contributed by atoms with E-state index in [4.69, 9.17) is 0 Å². The van der Waals surface area contributed by atoms with Gasteiger partial charge in [0.2, 0.25) is 5.91 Å². The SMILES string of the molecule is O=C1CC(O)(C(F)(F)F)c2c(n[nH]c2Cc2ccccc2)N1. The van der Waals surface area contributed by atoms with Gasteiger partial charge in [-0.2, -0.15) is 18.3 Å². The molecule has 1 aromatic heterocycles. The number of halogens is 3.